The van der Waals surface area contributed by atoms with Crippen LogP contribution in [0.2, 0.25) is 0 Å². The molecule has 0 aliphatic carbocycles. The smallest absolute Gasteiger partial charge is 0.276 e. The lowest BCUT2D eigenvalue weighted by Gasteiger charge is -2.13. The van der Waals surface area contributed by atoms with E-state index in [1.54, 1.807) is 61.5 Å². The van der Waals surface area contributed by atoms with E-state index in [4.69, 9.17) is 9.47 Å². The molecular weight excluding hydrogens is 370 g/mol. The SMILES string of the molecule is COc1ccc([C@H](O)Cn2ccn3nc(-c4cccc(OC)c4)cc3c2=O)cc1. The van der Waals surface area contributed by atoms with E-state index in [0.29, 0.717) is 22.5 Å². The normalized spacial score (nSPS) is 12.1. The van der Waals surface area contributed by atoms with Gasteiger partial charge >= 0.3 is 0 Å². The molecule has 0 aliphatic heterocycles. The lowest BCUT2D eigenvalue weighted by Crippen LogP contribution is -2.24. The number of fused-ring (bicyclic) bond motifs is 1. The third-order valence-electron chi connectivity index (χ3n) is 4.84. The fourth-order valence-electron chi connectivity index (χ4n) is 3.21. The quantitative estimate of drug-likeness (QED) is 0.547. The molecule has 4 aromatic rings. The van der Waals surface area contributed by atoms with Gasteiger partial charge in [-0.1, -0.05) is 24.3 Å². The van der Waals surface area contributed by atoms with Gasteiger partial charge in [0.25, 0.3) is 5.56 Å². The van der Waals surface area contributed by atoms with Crippen molar-refractivity contribution in [1.82, 2.24) is 14.2 Å². The Hall–Kier alpha value is -3.58. The first-order chi connectivity index (χ1) is 14.1. The van der Waals surface area contributed by atoms with Crippen LogP contribution in [-0.2, 0) is 6.54 Å². The molecule has 7 nitrogen and oxygen atoms in total. The first-order valence-electron chi connectivity index (χ1n) is 9.14. The Labute approximate surface area is 167 Å². The van der Waals surface area contributed by atoms with Crippen LogP contribution in [0.3, 0.4) is 0 Å². The number of methoxy groups -OCH3 is 2. The van der Waals surface area contributed by atoms with Gasteiger partial charge in [-0.15, -0.1) is 0 Å². The molecule has 29 heavy (non-hydrogen) atoms. The lowest BCUT2D eigenvalue weighted by molar-refractivity contribution is 0.155. The minimum Gasteiger partial charge on any atom is -0.497 e. The van der Waals surface area contributed by atoms with Crippen LogP contribution >= 0.6 is 0 Å². The van der Waals surface area contributed by atoms with Gasteiger partial charge in [-0.2, -0.15) is 5.10 Å². The molecule has 0 unspecified atom stereocenters. The van der Waals surface area contributed by atoms with Crippen molar-refractivity contribution in [2.24, 2.45) is 0 Å². The Bertz CT molecular complexity index is 1190. The molecule has 0 aliphatic rings. The van der Waals surface area contributed by atoms with Crippen LogP contribution in [0.15, 0.2) is 71.8 Å². The maximum Gasteiger partial charge on any atom is 0.276 e. The molecule has 0 radical (unpaired) electrons. The highest BCUT2D eigenvalue weighted by molar-refractivity contribution is 5.66. The monoisotopic (exact) mass is 391 g/mol. The summed E-state index contributed by atoms with van der Waals surface area (Å²) in [5.41, 5.74) is 2.46. The van der Waals surface area contributed by atoms with Crippen molar-refractivity contribution in [3.05, 3.63) is 82.9 Å². The van der Waals surface area contributed by atoms with Crippen LogP contribution in [0.5, 0.6) is 11.5 Å². The topological polar surface area (TPSA) is 78.0 Å². The first kappa shape index (κ1) is 18.8. The molecule has 4 rings (SSSR count). The third-order valence-corrected chi connectivity index (χ3v) is 4.84. The third kappa shape index (κ3) is 3.72. The van der Waals surface area contributed by atoms with E-state index in [-0.39, 0.29) is 12.1 Å². The van der Waals surface area contributed by atoms with Gasteiger partial charge in [-0.25, -0.2) is 4.52 Å². The Morgan fingerprint density at radius 1 is 1.00 bits per heavy atom. The Morgan fingerprint density at radius 2 is 1.76 bits per heavy atom. The summed E-state index contributed by atoms with van der Waals surface area (Å²) >= 11 is 0. The van der Waals surface area contributed by atoms with Crippen molar-refractivity contribution in [2.45, 2.75) is 12.6 Å². The predicted octanol–water partition coefficient (Wildman–Crippen LogP) is 2.91. The van der Waals surface area contributed by atoms with Crippen molar-refractivity contribution >= 4 is 5.52 Å². The molecule has 1 N–H and O–H groups in total. The van der Waals surface area contributed by atoms with Gasteiger partial charge in [0.15, 0.2) is 0 Å². The number of nitrogens with zero attached hydrogens (tertiary/aromatic N) is 3. The number of hydrogen-bond donors (Lipinski definition) is 1. The average molecular weight is 391 g/mol. The second kappa shape index (κ2) is 7.81. The molecular formula is C22H21N3O4. The minimum absolute atomic E-state index is 0.140. The highest BCUT2D eigenvalue weighted by Crippen LogP contribution is 2.23. The number of aliphatic hydroxyl groups excluding tert-OH is 1. The van der Waals surface area contributed by atoms with Gasteiger partial charge in [0.1, 0.15) is 17.0 Å². The van der Waals surface area contributed by atoms with E-state index in [0.717, 1.165) is 11.3 Å². The molecule has 0 saturated heterocycles. The second-order valence-corrected chi connectivity index (χ2v) is 6.64. The van der Waals surface area contributed by atoms with Crippen LogP contribution in [0.4, 0.5) is 0 Å². The van der Waals surface area contributed by atoms with Gasteiger partial charge in [-0.3, -0.25) is 4.79 Å². The number of benzene rings is 2. The second-order valence-electron chi connectivity index (χ2n) is 6.64. The zero-order valence-corrected chi connectivity index (χ0v) is 16.1. The number of rotatable bonds is 6. The molecule has 2 aromatic carbocycles. The summed E-state index contributed by atoms with van der Waals surface area (Å²) in [7, 11) is 3.20. The highest BCUT2D eigenvalue weighted by Gasteiger charge is 2.13. The van der Waals surface area contributed by atoms with E-state index >= 15 is 0 Å². The van der Waals surface area contributed by atoms with Gasteiger partial charge in [0.05, 0.1) is 32.6 Å². The molecule has 148 valence electrons. The summed E-state index contributed by atoms with van der Waals surface area (Å²) < 4.78 is 13.4. The number of hydrogen-bond acceptors (Lipinski definition) is 5. The maximum atomic E-state index is 12.9. The molecule has 0 bridgehead atoms. The summed E-state index contributed by atoms with van der Waals surface area (Å²) in [6.07, 6.45) is 2.52. The molecule has 1 atom stereocenters. The van der Waals surface area contributed by atoms with Crippen LogP contribution in [-0.4, -0.2) is 33.5 Å². The number of ether oxygens (including phenoxy) is 2. The number of aliphatic hydroxyl groups is 1. The van der Waals surface area contributed by atoms with Gasteiger partial charge < -0.3 is 19.1 Å². The zero-order valence-electron chi connectivity index (χ0n) is 16.1. The van der Waals surface area contributed by atoms with E-state index in [2.05, 4.69) is 5.10 Å². The van der Waals surface area contributed by atoms with Crippen LogP contribution in [0.25, 0.3) is 16.8 Å². The van der Waals surface area contributed by atoms with E-state index in [1.165, 1.54) is 4.57 Å². The highest BCUT2D eigenvalue weighted by atomic mass is 16.5. The van der Waals surface area contributed by atoms with E-state index in [9.17, 15) is 9.90 Å². The van der Waals surface area contributed by atoms with E-state index < -0.39 is 6.10 Å². The van der Waals surface area contributed by atoms with Gasteiger partial charge in [0.2, 0.25) is 0 Å². The molecule has 2 aromatic heterocycles. The first-order valence-corrected chi connectivity index (χ1v) is 9.14. The molecule has 7 heteroatoms. The summed E-state index contributed by atoms with van der Waals surface area (Å²) in [4.78, 5) is 12.9. The van der Waals surface area contributed by atoms with Gasteiger partial charge in [-0.05, 0) is 35.9 Å². The van der Waals surface area contributed by atoms with Crippen LogP contribution < -0.4 is 15.0 Å². The maximum absolute atomic E-state index is 12.9. The largest absolute Gasteiger partial charge is 0.497 e. The Balaban J connectivity index is 1.64. The van der Waals surface area contributed by atoms with Crippen LogP contribution in [0.1, 0.15) is 11.7 Å². The molecule has 0 amide bonds. The minimum atomic E-state index is -0.818. The fraction of sp³-hybridized carbons (Fsp3) is 0.182. The lowest BCUT2D eigenvalue weighted by atomic mass is 10.1. The van der Waals surface area contributed by atoms with Crippen molar-refractivity contribution in [3.8, 4) is 22.8 Å². The van der Waals surface area contributed by atoms with Crippen molar-refractivity contribution in [2.75, 3.05) is 14.2 Å². The van der Waals surface area contributed by atoms with Gasteiger partial charge in [0, 0.05) is 18.0 Å². The summed E-state index contributed by atoms with van der Waals surface area (Å²) in [5, 5.41) is 15.0. The Kier molecular flexibility index (Phi) is 5.05. The molecule has 0 spiro atoms. The molecule has 0 fully saturated rings. The van der Waals surface area contributed by atoms with E-state index in [1.807, 2.05) is 24.3 Å². The van der Waals surface area contributed by atoms with Crippen molar-refractivity contribution in [3.63, 3.8) is 0 Å². The summed E-state index contributed by atoms with van der Waals surface area (Å²) in [5.74, 6) is 1.43. The number of aromatic nitrogens is 3. The average Bonchev–Trinajstić information content (AvgIpc) is 3.21. The summed E-state index contributed by atoms with van der Waals surface area (Å²) in [6.45, 7) is 0.140. The Morgan fingerprint density at radius 3 is 2.48 bits per heavy atom. The summed E-state index contributed by atoms with van der Waals surface area (Å²) in [6, 6.07) is 16.4. The zero-order chi connectivity index (χ0) is 20.4. The molecule has 2 heterocycles. The molecule has 0 saturated carbocycles. The van der Waals surface area contributed by atoms with Crippen molar-refractivity contribution in [1.29, 1.82) is 0 Å². The van der Waals surface area contributed by atoms with Crippen LogP contribution in [0, 0.1) is 0 Å². The van der Waals surface area contributed by atoms with Crippen molar-refractivity contribution < 1.29 is 14.6 Å². The fourth-order valence-corrected chi connectivity index (χ4v) is 3.21. The standard InChI is InChI=1S/C22H21N3O4/c1-28-17-8-6-15(7-9-17)21(26)14-24-10-11-25-20(22(24)27)13-19(23-25)16-4-3-5-18(12-16)29-2/h3-13,21,26H,14H2,1-2H3/t21-/m1/s1. The predicted molar refractivity (Wildman–Crippen MR) is 109 cm³/mol.